The Hall–Kier alpha value is -0.940. The smallest absolute Gasteiger partial charge is 0.307 e. The van der Waals surface area contributed by atoms with Crippen molar-refractivity contribution in [2.24, 2.45) is 5.92 Å². The van der Waals surface area contributed by atoms with Gasteiger partial charge in [0.1, 0.15) is 0 Å². The van der Waals surface area contributed by atoms with Crippen LogP contribution in [0.1, 0.15) is 37.4 Å². The van der Waals surface area contributed by atoms with Crippen molar-refractivity contribution in [3.8, 4) is 0 Å². The molecule has 0 saturated heterocycles. The fraction of sp³-hybridized carbons (Fsp3) is 0.667. The summed E-state index contributed by atoms with van der Waals surface area (Å²) in [5, 5.41) is 12.0. The number of aliphatic carboxylic acids is 1. The highest BCUT2D eigenvalue weighted by molar-refractivity contribution is 7.09. The number of carboxylic acid groups (broad SMARTS) is 1. The second-order valence-electron chi connectivity index (χ2n) is 4.77. The first-order valence-corrected chi connectivity index (χ1v) is 6.63. The molecular weight excluding hydrogens is 236 g/mol. The molecule has 4 nitrogen and oxygen atoms in total. The van der Waals surface area contributed by atoms with E-state index in [1.54, 1.807) is 18.3 Å². The van der Waals surface area contributed by atoms with E-state index < -0.39 is 5.97 Å². The Morgan fingerprint density at radius 1 is 1.53 bits per heavy atom. The van der Waals surface area contributed by atoms with Crippen molar-refractivity contribution in [1.29, 1.82) is 0 Å². The van der Waals surface area contributed by atoms with Crippen LogP contribution in [-0.4, -0.2) is 34.6 Å². The minimum Gasteiger partial charge on any atom is -0.481 e. The molecule has 0 saturated carbocycles. The van der Waals surface area contributed by atoms with E-state index in [4.69, 9.17) is 5.11 Å². The molecule has 0 spiro atoms. The van der Waals surface area contributed by atoms with Crippen LogP contribution in [0.4, 0.5) is 0 Å². The van der Waals surface area contributed by atoms with Crippen LogP contribution >= 0.6 is 11.3 Å². The zero-order chi connectivity index (χ0) is 13.0. The first kappa shape index (κ1) is 14.1. The average molecular weight is 256 g/mol. The van der Waals surface area contributed by atoms with Crippen molar-refractivity contribution >= 4 is 17.3 Å². The third-order valence-electron chi connectivity index (χ3n) is 2.50. The molecule has 1 aromatic rings. The van der Waals surface area contributed by atoms with E-state index in [0.29, 0.717) is 19.0 Å². The van der Waals surface area contributed by atoms with Gasteiger partial charge in [-0.25, -0.2) is 4.98 Å². The van der Waals surface area contributed by atoms with Crippen molar-refractivity contribution in [2.45, 2.75) is 33.2 Å². The number of hydrogen-bond donors (Lipinski definition) is 1. The number of nitrogens with zero attached hydrogens (tertiary/aromatic N) is 2. The molecule has 0 amide bonds. The van der Waals surface area contributed by atoms with E-state index in [-0.39, 0.29) is 5.92 Å². The lowest BCUT2D eigenvalue weighted by Gasteiger charge is -2.17. The molecule has 0 aliphatic carbocycles. The van der Waals surface area contributed by atoms with Crippen LogP contribution in [0.2, 0.25) is 0 Å². The Bertz CT molecular complexity index is 376. The maximum atomic E-state index is 10.7. The van der Waals surface area contributed by atoms with Gasteiger partial charge < -0.3 is 5.11 Å². The van der Waals surface area contributed by atoms with E-state index in [1.807, 2.05) is 11.9 Å². The lowest BCUT2D eigenvalue weighted by Crippen LogP contribution is -2.28. The lowest BCUT2D eigenvalue weighted by atomic mass is 10.2. The molecule has 1 rings (SSSR count). The summed E-state index contributed by atoms with van der Waals surface area (Å²) < 4.78 is 0. The predicted molar refractivity (Wildman–Crippen MR) is 69.3 cm³/mol. The van der Waals surface area contributed by atoms with Crippen molar-refractivity contribution in [1.82, 2.24) is 9.88 Å². The minimum atomic E-state index is -0.752. The summed E-state index contributed by atoms with van der Waals surface area (Å²) in [5.41, 5.74) is 1.03. The topological polar surface area (TPSA) is 53.4 Å². The average Bonchev–Trinajstić information content (AvgIpc) is 2.65. The zero-order valence-corrected chi connectivity index (χ0v) is 11.6. The van der Waals surface area contributed by atoms with E-state index >= 15 is 0 Å². The molecule has 5 heteroatoms. The first-order valence-electron chi connectivity index (χ1n) is 5.75. The third-order valence-corrected chi connectivity index (χ3v) is 3.70. The van der Waals surface area contributed by atoms with Gasteiger partial charge in [0.25, 0.3) is 0 Å². The number of carboxylic acids is 1. The number of hydrogen-bond acceptors (Lipinski definition) is 4. The summed E-state index contributed by atoms with van der Waals surface area (Å²) in [6, 6.07) is 0. The maximum absolute atomic E-state index is 10.7. The van der Waals surface area contributed by atoms with Crippen molar-refractivity contribution in [3.05, 3.63) is 16.1 Å². The molecule has 1 N–H and O–H groups in total. The van der Waals surface area contributed by atoms with E-state index in [9.17, 15) is 4.79 Å². The Kier molecular flexibility index (Phi) is 5.08. The second kappa shape index (κ2) is 6.12. The number of rotatable bonds is 6. The van der Waals surface area contributed by atoms with Gasteiger partial charge in [-0.3, -0.25) is 9.69 Å². The molecule has 1 unspecified atom stereocenters. The normalized spacial score (nSPS) is 13.3. The molecule has 96 valence electrons. The number of thiazole rings is 1. The van der Waals surface area contributed by atoms with Gasteiger partial charge in [0.15, 0.2) is 0 Å². The molecule has 1 atom stereocenters. The molecule has 0 fully saturated rings. The van der Waals surface area contributed by atoms with Gasteiger partial charge in [-0.2, -0.15) is 0 Å². The highest BCUT2D eigenvalue weighted by Gasteiger charge is 2.14. The monoisotopic (exact) mass is 256 g/mol. The summed E-state index contributed by atoms with van der Waals surface area (Å²) in [7, 11) is 1.92. The molecule has 1 aromatic heterocycles. The van der Waals surface area contributed by atoms with Gasteiger partial charge in [0, 0.05) is 24.4 Å². The van der Waals surface area contributed by atoms with Gasteiger partial charge in [-0.15, -0.1) is 11.3 Å². The maximum Gasteiger partial charge on any atom is 0.307 e. The summed E-state index contributed by atoms with van der Waals surface area (Å²) in [6.07, 6.45) is 0. The van der Waals surface area contributed by atoms with E-state index in [2.05, 4.69) is 24.2 Å². The molecular formula is C12H20N2O2S. The quantitative estimate of drug-likeness (QED) is 0.849. The van der Waals surface area contributed by atoms with Crippen LogP contribution in [0.5, 0.6) is 0 Å². The third kappa shape index (κ3) is 4.44. The summed E-state index contributed by atoms with van der Waals surface area (Å²) in [4.78, 5) is 17.3. The fourth-order valence-corrected chi connectivity index (χ4v) is 2.37. The fourth-order valence-electron chi connectivity index (χ4n) is 1.55. The summed E-state index contributed by atoms with van der Waals surface area (Å²) in [5.74, 6) is -0.641. The van der Waals surface area contributed by atoms with Crippen molar-refractivity contribution < 1.29 is 9.90 Å². The number of aromatic nitrogens is 1. The second-order valence-corrected chi connectivity index (χ2v) is 5.66. The van der Waals surface area contributed by atoms with Crippen LogP contribution in [0, 0.1) is 5.92 Å². The summed E-state index contributed by atoms with van der Waals surface area (Å²) in [6.45, 7) is 7.22. The van der Waals surface area contributed by atoms with Crippen LogP contribution in [-0.2, 0) is 11.3 Å². The number of carbonyl (C=O) groups is 1. The Labute approximate surface area is 106 Å². The van der Waals surface area contributed by atoms with Gasteiger partial charge in [-0.05, 0) is 7.05 Å². The first-order chi connectivity index (χ1) is 7.90. The van der Waals surface area contributed by atoms with Gasteiger partial charge >= 0.3 is 5.97 Å². The van der Waals surface area contributed by atoms with Crippen LogP contribution in [0.15, 0.2) is 5.38 Å². The van der Waals surface area contributed by atoms with Gasteiger partial charge in [-0.1, -0.05) is 20.8 Å². The summed E-state index contributed by atoms with van der Waals surface area (Å²) >= 11 is 1.67. The Balaban J connectivity index is 2.50. The largest absolute Gasteiger partial charge is 0.481 e. The highest BCUT2D eigenvalue weighted by atomic mass is 32.1. The molecule has 0 bridgehead atoms. The van der Waals surface area contributed by atoms with Crippen LogP contribution in [0.25, 0.3) is 0 Å². The zero-order valence-electron chi connectivity index (χ0n) is 10.8. The Morgan fingerprint density at radius 3 is 2.65 bits per heavy atom. The molecule has 17 heavy (non-hydrogen) atoms. The van der Waals surface area contributed by atoms with Gasteiger partial charge in [0.05, 0.1) is 16.6 Å². The van der Waals surface area contributed by atoms with Gasteiger partial charge in [0.2, 0.25) is 0 Å². The highest BCUT2D eigenvalue weighted by Crippen LogP contribution is 2.19. The SMILES string of the molecule is CC(CN(C)Cc1csc(C(C)C)n1)C(=O)O. The van der Waals surface area contributed by atoms with E-state index in [1.165, 1.54) is 0 Å². The standard InChI is InChI=1S/C12H20N2O2S/c1-8(2)11-13-10(7-17-11)6-14(4)5-9(3)12(15)16/h7-9H,5-6H2,1-4H3,(H,15,16). The van der Waals surface area contributed by atoms with E-state index in [0.717, 1.165) is 10.7 Å². The Morgan fingerprint density at radius 2 is 2.18 bits per heavy atom. The molecule has 0 aromatic carbocycles. The molecule has 0 radical (unpaired) electrons. The van der Waals surface area contributed by atoms with Crippen LogP contribution < -0.4 is 0 Å². The van der Waals surface area contributed by atoms with Crippen molar-refractivity contribution in [2.75, 3.05) is 13.6 Å². The molecule has 1 heterocycles. The lowest BCUT2D eigenvalue weighted by molar-refractivity contribution is -0.141. The molecule has 0 aliphatic rings. The predicted octanol–water partition coefficient (Wildman–Crippen LogP) is 2.42. The molecule has 0 aliphatic heterocycles. The van der Waals surface area contributed by atoms with Crippen LogP contribution in [0.3, 0.4) is 0 Å². The minimum absolute atomic E-state index is 0.344. The van der Waals surface area contributed by atoms with Crippen molar-refractivity contribution in [3.63, 3.8) is 0 Å².